The Hall–Kier alpha value is -3.36. The SMILES string of the molecule is Cc1cc(C)nc(N2CCCC3(CCCCN3C(=O)c3c(F)cccc3-n3nccn3)C2)n1. The Bertz CT molecular complexity index is 1140. The van der Waals surface area contributed by atoms with Gasteiger partial charge in [0.1, 0.15) is 17.1 Å². The van der Waals surface area contributed by atoms with Gasteiger partial charge in [0, 0.05) is 31.0 Å². The van der Waals surface area contributed by atoms with Crippen LogP contribution in [-0.2, 0) is 0 Å². The second-order valence-electron chi connectivity index (χ2n) is 9.07. The van der Waals surface area contributed by atoms with E-state index in [0.717, 1.165) is 50.0 Å². The molecule has 0 N–H and O–H groups in total. The number of benzene rings is 1. The highest BCUT2D eigenvalue weighted by Crippen LogP contribution is 2.38. The number of hydrogen-bond donors (Lipinski definition) is 0. The summed E-state index contributed by atoms with van der Waals surface area (Å²) in [5.74, 6) is -0.152. The maximum atomic E-state index is 15.1. The van der Waals surface area contributed by atoms with Crippen LogP contribution in [-0.4, -0.2) is 60.9 Å². The number of aryl methyl sites for hydroxylation is 2. The van der Waals surface area contributed by atoms with E-state index in [9.17, 15) is 4.79 Å². The molecule has 8 nitrogen and oxygen atoms in total. The molecule has 33 heavy (non-hydrogen) atoms. The highest BCUT2D eigenvalue weighted by atomic mass is 19.1. The first-order chi connectivity index (χ1) is 16.0. The molecule has 1 aromatic carbocycles. The average molecular weight is 450 g/mol. The predicted octanol–water partition coefficient (Wildman–Crippen LogP) is 3.48. The molecule has 1 unspecified atom stereocenters. The van der Waals surface area contributed by atoms with Gasteiger partial charge in [-0.05, 0) is 64.2 Å². The number of amides is 1. The van der Waals surface area contributed by atoms with Crippen molar-refractivity contribution in [2.45, 2.75) is 51.5 Å². The average Bonchev–Trinajstić information content (AvgIpc) is 3.33. The minimum absolute atomic E-state index is 0.0229. The summed E-state index contributed by atoms with van der Waals surface area (Å²) in [4.78, 5) is 28.6. The first-order valence-corrected chi connectivity index (χ1v) is 11.5. The highest BCUT2D eigenvalue weighted by molar-refractivity contribution is 5.98. The van der Waals surface area contributed by atoms with E-state index in [1.165, 1.54) is 23.3 Å². The normalized spacial score (nSPS) is 20.9. The molecule has 0 radical (unpaired) electrons. The third-order valence-electron chi connectivity index (χ3n) is 6.74. The van der Waals surface area contributed by atoms with Crippen molar-refractivity contribution < 1.29 is 9.18 Å². The number of carbonyl (C=O) groups excluding carboxylic acids is 1. The molecule has 4 heterocycles. The van der Waals surface area contributed by atoms with Gasteiger partial charge in [0.25, 0.3) is 5.91 Å². The standard InChI is InChI=1S/C24H28FN7O/c1-17-15-18(2)29-23(28-17)30-13-6-10-24(16-30)9-3-4-14-31(24)22(33)21-19(25)7-5-8-20(21)32-26-11-12-27-32/h5,7-8,11-12,15H,3-4,6,9-10,13-14,16H2,1-2H3. The molecular weight excluding hydrogens is 421 g/mol. The van der Waals surface area contributed by atoms with E-state index in [2.05, 4.69) is 25.1 Å². The lowest BCUT2D eigenvalue weighted by Gasteiger charge is -2.52. The van der Waals surface area contributed by atoms with E-state index in [1.807, 2.05) is 24.8 Å². The zero-order chi connectivity index (χ0) is 23.0. The van der Waals surface area contributed by atoms with Crippen molar-refractivity contribution in [2.75, 3.05) is 24.5 Å². The van der Waals surface area contributed by atoms with E-state index in [4.69, 9.17) is 0 Å². The quantitative estimate of drug-likeness (QED) is 0.609. The van der Waals surface area contributed by atoms with Crippen molar-refractivity contribution in [3.8, 4) is 5.69 Å². The third kappa shape index (κ3) is 3.96. The second-order valence-corrected chi connectivity index (χ2v) is 9.07. The summed E-state index contributed by atoms with van der Waals surface area (Å²) in [7, 11) is 0. The van der Waals surface area contributed by atoms with Crippen molar-refractivity contribution in [3.63, 3.8) is 0 Å². The fraction of sp³-hybridized carbons (Fsp3) is 0.458. The number of anilines is 1. The van der Waals surface area contributed by atoms with Gasteiger partial charge in [0.05, 0.1) is 17.9 Å². The first kappa shape index (κ1) is 21.5. The second kappa shape index (κ2) is 8.53. The molecule has 2 aliphatic rings. The smallest absolute Gasteiger partial charge is 0.259 e. The minimum atomic E-state index is -0.555. The van der Waals surface area contributed by atoms with Gasteiger partial charge in [-0.15, -0.1) is 0 Å². The van der Waals surface area contributed by atoms with Gasteiger partial charge in [-0.2, -0.15) is 15.0 Å². The van der Waals surface area contributed by atoms with E-state index in [-0.39, 0.29) is 17.0 Å². The molecule has 1 atom stereocenters. The van der Waals surface area contributed by atoms with Crippen molar-refractivity contribution >= 4 is 11.9 Å². The number of halogens is 1. The van der Waals surface area contributed by atoms with Gasteiger partial charge in [0.2, 0.25) is 5.95 Å². The summed E-state index contributed by atoms with van der Waals surface area (Å²) in [5, 5.41) is 8.26. The molecule has 2 fully saturated rings. The maximum Gasteiger partial charge on any atom is 0.259 e. The molecule has 0 saturated carbocycles. The molecule has 0 bridgehead atoms. The summed E-state index contributed by atoms with van der Waals surface area (Å²) in [6.45, 7) is 6.02. The number of hydrogen-bond acceptors (Lipinski definition) is 6. The summed E-state index contributed by atoms with van der Waals surface area (Å²) < 4.78 is 15.1. The minimum Gasteiger partial charge on any atom is -0.338 e. The molecule has 2 aliphatic heterocycles. The lowest BCUT2D eigenvalue weighted by Crippen LogP contribution is -2.62. The zero-order valence-electron chi connectivity index (χ0n) is 19.0. The molecule has 2 saturated heterocycles. The van der Waals surface area contributed by atoms with Gasteiger partial charge in [-0.25, -0.2) is 14.4 Å². The molecule has 172 valence electrons. The third-order valence-corrected chi connectivity index (χ3v) is 6.74. The molecular formula is C24H28FN7O. The van der Waals surface area contributed by atoms with Crippen LogP contribution in [0.3, 0.4) is 0 Å². The fourth-order valence-electron chi connectivity index (χ4n) is 5.34. The molecule has 0 aliphatic carbocycles. The molecule has 9 heteroatoms. The van der Waals surface area contributed by atoms with Gasteiger partial charge < -0.3 is 9.80 Å². The topological polar surface area (TPSA) is 80.0 Å². The van der Waals surface area contributed by atoms with Crippen LogP contribution in [0.5, 0.6) is 0 Å². The van der Waals surface area contributed by atoms with E-state index < -0.39 is 5.82 Å². The van der Waals surface area contributed by atoms with Gasteiger partial charge in [-0.1, -0.05) is 6.07 Å². The summed E-state index contributed by atoms with van der Waals surface area (Å²) >= 11 is 0. The van der Waals surface area contributed by atoms with Gasteiger partial charge >= 0.3 is 0 Å². The Morgan fingerprint density at radius 2 is 1.73 bits per heavy atom. The van der Waals surface area contributed by atoms with Crippen LogP contribution in [0.4, 0.5) is 10.3 Å². The summed E-state index contributed by atoms with van der Waals surface area (Å²) in [5.41, 5.74) is 1.85. The van der Waals surface area contributed by atoms with Crippen LogP contribution in [0, 0.1) is 19.7 Å². The molecule has 5 rings (SSSR count). The van der Waals surface area contributed by atoms with Crippen LogP contribution in [0.2, 0.25) is 0 Å². The van der Waals surface area contributed by atoms with Crippen molar-refractivity contribution in [1.82, 2.24) is 29.9 Å². The first-order valence-electron chi connectivity index (χ1n) is 11.5. The Kier molecular flexibility index (Phi) is 5.55. The Balaban J connectivity index is 1.51. The lowest BCUT2D eigenvalue weighted by molar-refractivity contribution is 0.0246. The lowest BCUT2D eigenvalue weighted by atomic mass is 9.79. The Morgan fingerprint density at radius 3 is 2.48 bits per heavy atom. The summed E-state index contributed by atoms with van der Waals surface area (Å²) in [6.07, 6.45) is 7.65. The Labute approximate surface area is 192 Å². The fourth-order valence-corrected chi connectivity index (χ4v) is 5.34. The van der Waals surface area contributed by atoms with Crippen molar-refractivity contribution in [1.29, 1.82) is 0 Å². The summed E-state index contributed by atoms with van der Waals surface area (Å²) in [6, 6.07) is 6.55. The zero-order valence-corrected chi connectivity index (χ0v) is 19.0. The number of likely N-dealkylation sites (tertiary alicyclic amines) is 1. The monoisotopic (exact) mass is 449 g/mol. The predicted molar refractivity (Wildman–Crippen MR) is 122 cm³/mol. The maximum absolute atomic E-state index is 15.1. The Morgan fingerprint density at radius 1 is 1.00 bits per heavy atom. The molecule has 3 aromatic rings. The number of nitrogens with zero attached hydrogens (tertiary/aromatic N) is 7. The van der Waals surface area contributed by atoms with Crippen LogP contribution in [0.15, 0.2) is 36.7 Å². The molecule has 1 spiro atoms. The number of rotatable bonds is 3. The highest BCUT2D eigenvalue weighted by Gasteiger charge is 2.46. The van der Waals surface area contributed by atoms with Crippen LogP contribution in [0.1, 0.15) is 53.8 Å². The van der Waals surface area contributed by atoms with Crippen molar-refractivity contribution in [3.05, 3.63) is 59.4 Å². The van der Waals surface area contributed by atoms with Crippen LogP contribution < -0.4 is 4.90 Å². The molecule has 1 amide bonds. The van der Waals surface area contributed by atoms with Gasteiger partial charge in [-0.3, -0.25) is 4.79 Å². The van der Waals surface area contributed by atoms with E-state index >= 15 is 4.39 Å². The molecule has 2 aromatic heterocycles. The van der Waals surface area contributed by atoms with Crippen LogP contribution in [0.25, 0.3) is 5.69 Å². The number of aromatic nitrogens is 5. The number of piperidine rings is 2. The van der Waals surface area contributed by atoms with Crippen LogP contribution >= 0.6 is 0 Å². The van der Waals surface area contributed by atoms with E-state index in [0.29, 0.717) is 24.7 Å². The number of carbonyl (C=O) groups is 1. The largest absolute Gasteiger partial charge is 0.338 e. The van der Waals surface area contributed by atoms with Gasteiger partial charge in [0.15, 0.2) is 0 Å². The van der Waals surface area contributed by atoms with Crippen molar-refractivity contribution in [2.24, 2.45) is 0 Å². The van der Waals surface area contributed by atoms with E-state index in [1.54, 1.807) is 12.1 Å².